The Kier molecular flexibility index (Phi) is 4.67. The number of aromatic nitrogens is 1. The van der Waals surface area contributed by atoms with Crippen LogP contribution in [0.4, 0.5) is 10.8 Å². The number of hydrogen-bond donors (Lipinski definition) is 0. The second kappa shape index (κ2) is 6.28. The van der Waals surface area contributed by atoms with Crippen LogP contribution in [-0.2, 0) is 4.79 Å². The van der Waals surface area contributed by atoms with Gasteiger partial charge in [-0.2, -0.15) is 0 Å². The van der Waals surface area contributed by atoms with E-state index in [1.165, 1.54) is 23.2 Å². The van der Waals surface area contributed by atoms with Gasteiger partial charge < -0.3 is 0 Å². The van der Waals surface area contributed by atoms with Crippen LogP contribution in [0.5, 0.6) is 0 Å². The Labute approximate surface area is 129 Å². The lowest BCUT2D eigenvalue weighted by molar-refractivity contribution is -0.115. The number of aryl methyl sites for hydroxylation is 1. The molecule has 1 aromatic heterocycles. The zero-order chi connectivity index (χ0) is 14.7. The molecule has 2 rings (SSSR count). The highest BCUT2D eigenvalue weighted by molar-refractivity contribution is 9.09. The van der Waals surface area contributed by atoms with Gasteiger partial charge in [-0.1, -0.05) is 45.5 Å². The van der Waals surface area contributed by atoms with Crippen LogP contribution in [0.2, 0.25) is 0 Å². The van der Waals surface area contributed by atoms with Crippen molar-refractivity contribution >= 4 is 49.8 Å². The van der Waals surface area contributed by atoms with Gasteiger partial charge in [0.15, 0.2) is 10.9 Å². The first-order valence-corrected chi connectivity index (χ1v) is 7.90. The highest BCUT2D eigenvalue weighted by Crippen LogP contribution is 2.32. The first-order chi connectivity index (χ1) is 9.54. The molecule has 20 heavy (non-hydrogen) atoms. The molecule has 0 aliphatic carbocycles. The maximum atomic E-state index is 11.9. The summed E-state index contributed by atoms with van der Waals surface area (Å²) in [6.45, 7) is 3.26. The van der Waals surface area contributed by atoms with Gasteiger partial charge in [0, 0.05) is 6.92 Å². The van der Waals surface area contributed by atoms with Crippen LogP contribution in [0.1, 0.15) is 22.3 Å². The van der Waals surface area contributed by atoms with Crippen molar-refractivity contribution in [2.24, 2.45) is 0 Å². The Morgan fingerprint density at radius 1 is 1.30 bits per heavy atom. The van der Waals surface area contributed by atoms with Crippen molar-refractivity contribution in [1.29, 1.82) is 0 Å². The maximum absolute atomic E-state index is 11.9. The molecule has 0 unspecified atom stereocenters. The number of ketones is 1. The lowest BCUT2D eigenvalue weighted by atomic mass is 10.3. The Balaban J connectivity index is 2.47. The van der Waals surface area contributed by atoms with Gasteiger partial charge in [0.05, 0.1) is 21.6 Å². The molecule has 6 heteroatoms. The van der Waals surface area contributed by atoms with Gasteiger partial charge in [0.2, 0.25) is 5.91 Å². The number of amides is 1. The molecule has 0 N–H and O–H groups in total. The summed E-state index contributed by atoms with van der Waals surface area (Å²) in [5.74, 6) is -0.161. The van der Waals surface area contributed by atoms with E-state index < -0.39 is 0 Å². The number of para-hydroxylation sites is 1. The molecule has 1 aromatic carbocycles. The molecule has 4 nitrogen and oxygen atoms in total. The summed E-state index contributed by atoms with van der Waals surface area (Å²) >= 11 is 4.39. The fourth-order valence-corrected chi connectivity index (χ4v) is 3.34. The number of hydrogen-bond acceptors (Lipinski definition) is 4. The number of carbonyl (C=O) groups is 2. The third-order valence-corrected chi connectivity index (χ3v) is 4.37. The number of carbonyl (C=O) groups excluding carboxylic acids is 2. The van der Waals surface area contributed by atoms with Crippen molar-refractivity contribution < 1.29 is 9.59 Å². The fourth-order valence-electron chi connectivity index (χ4n) is 1.80. The SMILES string of the molecule is CC(=O)N(c1ccccc1)c1nc(C)c(C(=O)CBr)s1. The van der Waals surface area contributed by atoms with Crippen LogP contribution in [0.25, 0.3) is 0 Å². The highest BCUT2D eigenvalue weighted by Gasteiger charge is 2.21. The number of anilines is 2. The van der Waals surface area contributed by atoms with Crippen molar-refractivity contribution in [3.63, 3.8) is 0 Å². The number of Topliss-reactive ketones (excluding diaryl/α,β-unsaturated/α-hetero) is 1. The molecular weight excluding hydrogens is 340 g/mol. The molecule has 1 heterocycles. The number of benzene rings is 1. The third-order valence-electron chi connectivity index (χ3n) is 2.68. The largest absolute Gasteiger partial charge is 0.292 e. The minimum Gasteiger partial charge on any atom is -0.292 e. The van der Waals surface area contributed by atoms with Crippen LogP contribution < -0.4 is 4.90 Å². The molecular formula is C14H13BrN2O2S. The Bertz CT molecular complexity index is 640. The minimum atomic E-state index is -0.136. The molecule has 1 amide bonds. The van der Waals surface area contributed by atoms with Crippen LogP contribution in [0.3, 0.4) is 0 Å². The smallest absolute Gasteiger partial charge is 0.230 e. The first kappa shape index (κ1) is 14.9. The van der Waals surface area contributed by atoms with Crippen molar-refractivity contribution in [3.05, 3.63) is 40.9 Å². The van der Waals surface area contributed by atoms with Gasteiger partial charge in [0.1, 0.15) is 0 Å². The summed E-state index contributed by atoms with van der Waals surface area (Å²) in [6.07, 6.45) is 0. The summed E-state index contributed by atoms with van der Waals surface area (Å²) < 4.78 is 0. The average Bonchev–Trinajstić information content (AvgIpc) is 2.80. The number of halogens is 1. The second-order valence-electron chi connectivity index (χ2n) is 4.16. The highest BCUT2D eigenvalue weighted by atomic mass is 79.9. The van der Waals surface area contributed by atoms with Gasteiger partial charge >= 0.3 is 0 Å². The van der Waals surface area contributed by atoms with E-state index >= 15 is 0 Å². The zero-order valence-electron chi connectivity index (χ0n) is 11.1. The second-order valence-corrected chi connectivity index (χ2v) is 5.70. The molecule has 0 aliphatic heterocycles. The quantitative estimate of drug-likeness (QED) is 0.622. The van der Waals surface area contributed by atoms with Crippen molar-refractivity contribution in [3.8, 4) is 0 Å². The molecule has 0 aliphatic rings. The van der Waals surface area contributed by atoms with E-state index in [1.54, 1.807) is 6.92 Å². The van der Waals surface area contributed by atoms with E-state index in [0.29, 0.717) is 15.7 Å². The molecule has 0 atom stereocenters. The monoisotopic (exact) mass is 352 g/mol. The van der Waals surface area contributed by atoms with Gasteiger partial charge in [-0.15, -0.1) is 0 Å². The van der Waals surface area contributed by atoms with Crippen LogP contribution in [0.15, 0.2) is 30.3 Å². The lowest BCUT2D eigenvalue weighted by Gasteiger charge is -2.17. The van der Waals surface area contributed by atoms with Crippen LogP contribution >= 0.6 is 27.3 Å². The molecule has 0 spiro atoms. The molecule has 0 saturated heterocycles. The number of rotatable bonds is 4. The average molecular weight is 353 g/mol. The third kappa shape index (κ3) is 2.96. The van der Waals surface area contributed by atoms with Crippen molar-refractivity contribution in [2.75, 3.05) is 10.2 Å². The normalized spacial score (nSPS) is 10.3. The number of thiazole rings is 1. The van der Waals surface area contributed by atoms with E-state index in [9.17, 15) is 9.59 Å². The van der Waals surface area contributed by atoms with Gasteiger partial charge in [-0.3, -0.25) is 14.5 Å². The molecule has 0 bridgehead atoms. The molecule has 0 saturated carbocycles. The fraction of sp³-hybridized carbons (Fsp3) is 0.214. The van der Waals surface area contributed by atoms with Crippen LogP contribution in [0, 0.1) is 6.92 Å². The van der Waals surface area contributed by atoms with Gasteiger partial charge in [-0.05, 0) is 19.1 Å². The summed E-state index contributed by atoms with van der Waals surface area (Å²) in [6, 6.07) is 9.27. The molecule has 0 radical (unpaired) electrons. The van der Waals surface area contributed by atoms with Crippen molar-refractivity contribution in [2.45, 2.75) is 13.8 Å². The van der Waals surface area contributed by atoms with Crippen molar-refractivity contribution in [1.82, 2.24) is 4.98 Å². The topological polar surface area (TPSA) is 50.3 Å². The zero-order valence-corrected chi connectivity index (χ0v) is 13.5. The van der Waals surface area contributed by atoms with E-state index in [0.717, 1.165) is 5.69 Å². The molecule has 2 aromatic rings. The Morgan fingerprint density at radius 2 is 1.95 bits per heavy atom. The Hall–Kier alpha value is -1.53. The number of nitrogens with zero attached hydrogens (tertiary/aromatic N) is 2. The van der Waals surface area contributed by atoms with E-state index in [-0.39, 0.29) is 17.0 Å². The summed E-state index contributed by atoms with van der Waals surface area (Å²) in [5, 5.41) is 0.770. The standard InChI is InChI=1S/C14H13BrN2O2S/c1-9-13(12(19)8-15)20-14(16-9)17(10(2)18)11-6-4-3-5-7-11/h3-7H,8H2,1-2H3. The number of alkyl halides is 1. The lowest BCUT2D eigenvalue weighted by Crippen LogP contribution is -2.22. The van der Waals surface area contributed by atoms with Gasteiger partial charge in [-0.25, -0.2) is 4.98 Å². The maximum Gasteiger partial charge on any atom is 0.230 e. The van der Waals surface area contributed by atoms with E-state index in [1.807, 2.05) is 30.3 Å². The Morgan fingerprint density at radius 3 is 2.50 bits per heavy atom. The van der Waals surface area contributed by atoms with E-state index in [4.69, 9.17) is 0 Å². The van der Waals surface area contributed by atoms with Crippen LogP contribution in [-0.4, -0.2) is 22.0 Å². The predicted octanol–water partition coefficient (Wildman–Crippen LogP) is 3.71. The first-order valence-electron chi connectivity index (χ1n) is 5.97. The summed E-state index contributed by atoms with van der Waals surface area (Å²) in [7, 11) is 0. The van der Waals surface area contributed by atoms with Gasteiger partial charge in [0.25, 0.3) is 0 Å². The van der Waals surface area contributed by atoms with E-state index in [2.05, 4.69) is 20.9 Å². The minimum absolute atomic E-state index is 0.0252. The summed E-state index contributed by atoms with van der Waals surface area (Å²) in [4.78, 5) is 30.2. The molecule has 0 fully saturated rings. The predicted molar refractivity (Wildman–Crippen MR) is 84.2 cm³/mol. The summed E-state index contributed by atoms with van der Waals surface area (Å²) in [5.41, 5.74) is 1.39. The molecule has 104 valence electrons.